The highest BCUT2D eigenvalue weighted by atomic mass is 16.6. The summed E-state index contributed by atoms with van der Waals surface area (Å²) < 4.78 is 0. The van der Waals surface area contributed by atoms with Crippen LogP contribution in [0, 0.1) is 10.1 Å². The summed E-state index contributed by atoms with van der Waals surface area (Å²) in [6.45, 7) is 3.96. The van der Waals surface area contributed by atoms with Crippen LogP contribution >= 0.6 is 0 Å². The molecule has 20 heavy (non-hydrogen) atoms. The third-order valence-electron chi connectivity index (χ3n) is 2.93. The van der Waals surface area contributed by atoms with Crippen molar-refractivity contribution >= 4 is 23.2 Å². The molecule has 0 atom stereocenters. The lowest BCUT2D eigenvalue weighted by molar-refractivity contribution is -0.384. The first-order valence-electron chi connectivity index (χ1n) is 6.52. The number of rotatable bonds is 5. The van der Waals surface area contributed by atoms with E-state index >= 15 is 0 Å². The molecule has 0 aromatic carbocycles. The van der Waals surface area contributed by atoms with Crippen LogP contribution in [0.25, 0.3) is 0 Å². The van der Waals surface area contributed by atoms with E-state index in [4.69, 9.17) is 0 Å². The molecule has 1 saturated heterocycles. The van der Waals surface area contributed by atoms with Crippen molar-refractivity contribution in [1.82, 2.24) is 10.3 Å². The topological polar surface area (TPSA) is 100 Å². The summed E-state index contributed by atoms with van der Waals surface area (Å²) in [5, 5.41) is 16.7. The van der Waals surface area contributed by atoms with E-state index in [0.717, 1.165) is 6.42 Å². The van der Waals surface area contributed by atoms with E-state index in [2.05, 4.69) is 15.6 Å². The molecule has 8 nitrogen and oxygen atoms in total. The number of hydrogen-bond donors (Lipinski definition) is 2. The SMILES string of the molecule is CCCNc1cc([N+](=O)[O-])cc(N2CCNC(=O)C2)n1. The first-order chi connectivity index (χ1) is 9.60. The van der Waals surface area contributed by atoms with E-state index in [9.17, 15) is 14.9 Å². The van der Waals surface area contributed by atoms with Gasteiger partial charge in [0.1, 0.15) is 11.6 Å². The van der Waals surface area contributed by atoms with Crippen molar-refractivity contribution in [1.29, 1.82) is 0 Å². The number of piperazine rings is 1. The van der Waals surface area contributed by atoms with Gasteiger partial charge < -0.3 is 15.5 Å². The van der Waals surface area contributed by atoms with Crippen molar-refractivity contribution in [2.24, 2.45) is 0 Å². The molecule has 1 fully saturated rings. The standard InChI is InChI=1S/C12H17N5O3/c1-2-3-13-10-6-9(17(19)20)7-11(15-10)16-5-4-14-12(18)8-16/h6-7H,2-5,8H2,1H3,(H,13,15)(H,14,18). The van der Waals surface area contributed by atoms with Crippen LogP contribution in [0.1, 0.15) is 13.3 Å². The Labute approximate surface area is 116 Å². The van der Waals surface area contributed by atoms with E-state index in [0.29, 0.717) is 31.3 Å². The van der Waals surface area contributed by atoms with Crippen molar-refractivity contribution in [3.05, 3.63) is 22.2 Å². The zero-order valence-corrected chi connectivity index (χ0v) is 11.3. The van der Waals surface area contributed by atoms with E-state index in [-0.39, 0.29) is 18.1 Å². The molecule has 2 heterocycles. The molecular formula is C12H17N5O3. The number of anilines is 2. The quantitative estimate of drug-likeness (QED) is 0.609. The van der Waals surface area contributed by atoms with Gasteiger partial charge in [-0.25, -0.2) is 4.98 Å². The minimum absolute atomic E-state index is 0.0282. The predicted molar refractivity (Wildman–Crippen MR) is 74.9 cm³/mol. The van der Waals surface area contributed by atoms with E-state index in [1.165, 1.54) is 12.1 Å². The lowest BCUT2D eigenvalue weighted by Gasteiger charge is -2.27. The molecule has 1 aromatic heterocycles. The molecule has 1 amide bonds. The number of carbonyl (C=O) groups excluding carboxylic acids is 1. The van der Waals surface area contributed by atoms with E-state index < -0.39 is 4.92 Å². The monoisotopic (exact) mass is 279 g/mol. The molecule has 0 unspecified atom stereocenters. The fourth-order valence-corrected chi connectivity index (χ4v) is 1.95. The highest BCUT2D eigenvalue weighted by Crippen LogP contribution is 2.23. The van der Waals surface area contributed by atoms with Crippen LogP contribution in [0.5, 0.6) is 0 Å². The number of pyridine rings is 1. The summed E-state index contributed by atoms with van der Waals surface area (Å²) >= 11 is 0. The molecular weight excluding hydrogens is 262 g/mol. The van der Waals surface area contributed by atoms with E-state index in [1.807, 2.05) is 6.92 Å². The Morgan fingerprint density at radius 1 is 1.55 bits per heavy atom. The van der Waals surface area contributed by atoms with Crippen molar-refractivity contribution in [3.8, 4) is 0 Å². The molecule has 8 heteroatoms. The zero-order valence-electron chi connectivity index (χ0n) is 11.3. The molecule has 2 rings (SSSR count). The number of amides is 1. The third kappa shape index (κ3) is 3.34. The van der Waals surface area contributed by atoms with Crippen LogP contribution in [0.15, 0.2) is 12.1 Å². The Kier molecular flexibility index (Phi) is 4.34. The van der Waals surface area contributed by atoms with Crippen LogP contribution in [-0.2, 0) is 4.79 Å². The third-order valence-corrected chi connectivity index (χ3v) is 2.93. The van der Waals surface area contributed by atoms with Crippen molar-refractivity contribution in [2.75, 3.05) is 36.4 Å². The summed E-state index contributed by atoms with van der Waals surface area (Å²) in [5.41, 5.74) is -0.0282. The average Bonchev–Trinajstić information content (AvgIpc) is 2.44. The van der Waals surface area contributed by atoms with Gasteiger partial charge in [-0.3, -0.25) is 14.9 Å². The Morgan fingerprint density at radius 2 is 2.35 bits per heavy atom. The van der Waals surface area contributed by atoms with Crippen molar-refractivity contribution in [3.63, 3.8) is 0 Å². The number of aromatic nitrogens is 1. The maximum atomic E-state index is 11.4. The molecule has 1 aliphatic rings. The van der Waals surface area contributed by atoms with Crippen molar-refractivity contribution in [2.45, 2.75) is 13.3 Å². The maximum absolute atomic E-state index is 11.4. The smallest absolute Gasteiger partial charge is 0.276 e. The van der Waals surface area contributed by atoms with Crippen LogP contribution in [0.4, 0.5) is 17.3 Å². The first kappa shape index (κ1) is 14.0. The fourth-order valence-electron chi connectivity index (χ4n) is 1.95. The number of nitrogens with one attached hydrogen (secondary N) is 2. The number of hydrogen-bond acceptors (Lipinski definition) is 6. The highest BCUT2D eigenvalue weighted by Gasteiger charge is 2.20. The van der Waals surface area contributed by atoms with Crippen LogP contribution < -0.4 is 15.5 Å². The largest absolute Gasteiger partial charge is 0.370 e. The van der Waals surface area contributed by atoms with Gasteiger partial charge in [0.05, 0.1) is 23.6 Å². The minimum Gasteiger partial charge on any atom is -0.370 e. The van der Waals surface area contributed by atoms with Gasteiger partial charge in [0, 0.05) is 19.6 Å². The molecule has 0 saturated carbocycles. The predicted octanol–water partition coefficient (Wildman–Crippen LogP) is 0.748. The molecule has 0 bridgehead atoms. The average molecular weight is 279 g/mol. The Morgan fingerprint density at radius 3 is 3.00 bits per heavy atom. The summed E-state index contributed by atoms with van der Waals surface area (Å²) in [5.74, 6) is 0.808. The van der Waals surface area contributed by atoms with Gasteiger partial charge in [-0.15, -0.1) is 0 Å². The second-order valence-corrected chi connectivity index (χ2v) is 4.52. The Hall–Kier alpha value is -2.38. The molecule has 1 aliphatic heterocycles. The number of nitrogens with zero attached hydrogens (tertiary/aromatic N) is 3. The van der Waals surface area contributed by atoms with Gasteiger partial charge in [-0.2, -0.15) is 0 Å². The Balaban J connectivity index is 2.28. The van der Waals surface area contributed by atoms with Gasteiger partial charge in [0.25, 0.3) is 5.69 Å². The molecule has 0 spiro atoms. The summed E-state index contributed by atoms with van der Waals surface area (Å²) in [6, 6.07) is 2.80. The van der Waals surface area contributed by atoms with Gasteiger partial charge in [0.2, 0.25) is 5.91 Å². The lowest BCUT2D eigenvalue weighted by Crippen LogP contribution is -2.48. The van der Waals surface area contributed by atoms with Gasteiger partial charge in [-0.1, -0.05) is 6.92 Å². The summed E-state index contributed by atoms with van der Waals surface area (Å²) in [6.07, 6.45) is 0.895. The molecule has 1 aromatic rings. The molecule has 2 N–H and O–H groups in total. The second kappa shape index (κ2) is 6.18. The van der Waals surface area contributed by atoms with Gasteiger partial charge in [0.15, 0.2) is 0 Å². The Bertz CT molecular complexity index is 520. The van der Waals surface area contributed by atoms with E-state index in [1.54, 1.807) is 4.90 Å². The van der Waals surface area contributed by atoms with Crippen LogP contribution in [-0.4, -0.2) is 42.0 Å². The minimum atomic E-state index is -0.452. The number of nitro groups is 1. The molecule has 0 aliphatic carbocycles. The second-order valence-electron chi connectivity index (χ2n) is 4.52. The van der Waals surface area contributed by atoms with Crippen LogP contribution in [0.2, 0.25) is 0 Å². The van der Waals surface area contributed by atoms with Crippen molar-refractivity contribution < 1.29 is 9.72 Å². The fraction of sp³-hybridized carbons (Fsp3) is 0.500. The first-order valence-corrected chi connectivity index (χ1v) is 6.52. The highest BCUT2D eigenvalue weighted by molar-refractivity contribution is 5.82. The summed E-state index contributed by atoms with van der Waals surface area (Å²) in [4.78, 5) is 28.0. The zero-order chi connectivity index (χ0) is 14.5. The normalized spacial score (nSPS) is 14.8. The molecule has 0 radical (unpaired) electrons. The van der Waals surface area contributed by atoms with Gasteiger partial charge >= 0.3 is 0 Å². The number of carbonyl (C=O) groups is 1. The van der Waals surface area contributed by atoms with Gasteiger partial charge in [-0.05, 0) is 6.42 Å². The molecule has 108 valence electrons. The van der Waals surface area contributed by atoms with Crippen LogP contribution in [0.3, 0.4) is 0 Å². The maximum Gasteiger partial charge on any atom is 0.276 e. The summed E-state index contributed by atoms with van der Waals surface area (Å²) in [7, 11) is 0. The lowest BCUT2D eigenvalue weighted by atomic mass is 10.3.